The molecule has 2 aliphatic heterocycles. The lowest BCUT2D eigenvalue weighted by molar-refractivity contribution is -0.137. The third kappa shape index (κ3) is 5.21. The SMILES string of the molecule is O=C(NC1CC(c2ccc(C(F)(F)F)cc2)CN(C(=O)NC2COC2)C1)c1ccccc1. The normalized spacial score (nSPS) is 21.5. The molecule has 6 nitrogen and oxygen atoms in total. The van der Waals surface area contributed by atoms with Crippen molar-refractivity contribution in [1.29, 1.82) is 0 Å². The number of nitrogens with zero attached hydrogens (tertiary/aromatic N) is 1. The minimum atomic E-state index is -4.41. The van der Waals surface area contributed by atoms with Crippen LogP contribution in [0, 0.1) is 0 Å². The number of nitrogens with one attached hydrogen (secondary N) is 2. The molecule has 0 saturated carbocycles. The molecule has 3 amide bonds. The van der Waals surface area contributed by atoms with Crippen LogP contribution in [0.25, 0.3) is 0 Å². The Morgan fingerprint density at radius 1 is 0.906 bits per heavy atom. The van der Waals surface area contributed by atoms with Gasteiger partial charge in [-0.15, -0.1) is 0 Å². The van der Waals surface area contributed by atoms with Crippen molar-refractivity contribution < 1.29 is 27.5 Å². The largest absolute Gasteiger partial charge is 0.416 e. The lowest BCUT2D eigenvalue weighted by Crippen LogP contribution is -2.58. The van der Waals surface area contributed by atoms with Crippen molar-refractivity contribution in [3.05, 3.63) is 71.3 Å². The molecule has 2 aromatic carbocycles. The summed E-state index contributed by atoms with van der Waals surface area (Å²) in [6, 6.07) is 13.1. The molecule has 2 aromatic rings. The van der Waals surface area contributed by atoms with Crippen molar-refractivity contribution in [2.24, 2.45) is 0 Å². The third-order valence-electron chi connectivity index (χ3n) is 5.78. The van der Waals surface area contributed by atoms with Gasteiger partial charge in [0.15, 0.2) is 0 Å². The van der Waals surface area contributed by atoms with Gasteiger partial charge in [-0.05, 0) is 36.2 Å². The summed E-state index contributed by atoms with van der Waals surface area (Å²) in [6.07, 6.45) is -3.89. The summed E-state index contributed by atoms with van der Waals surface area (Å²) in [4.78, 5) is 27.0. The van der Waals surface area contributed by atoms with Crippen LogP contribution in [0.2, 0.25) is 0 Å². The summed E-state index contributed by atoms with van der Waals surface area (Å²) in [5, 5.41) is 5.86. The molecule has 2 unspecified atom stereocenters. The van der Waals surface area contributed by atoms with Gasteiger partial charge in [0, 0.05) is 30.6 Å². The van der Waals surface area contributed by atoms with E-state index in [2.05, 4.69) is 10.6 Å². The first kappa shape index (κ1) is 22.1. The minimum Gasteiger partial charge on any atom is -0.377 e. The van der Waals surface area contributed by atoms with Crippen LogP contribution in [-0.4, -0.2) is 55.2 Å². The molecule has 170 valence electrons. The standard InChI is InChI=1S/C23H24F3N3O3/c24-23(25,26)18-8-6-15(7-9-18)17-10-19(27-21(30)16-4-2-1-3-5-16)12-29(11-17)22(31)28-20-13-32-14-20/h1-9,17,19-20H,10-14H2,(H,27,30)(H,28,31). The zero-order valence-corrected chi connectivity index (χ0v) is 17.3. The Hall–Kier alpha value is -3.07. The van der Waals surface area contributed by atoms with Gasteiger partial charge < -0.3 is 20.3 Å². The quantitative estimate of drug-likeness (QED) is 0.755. The maximum Gasteiger partial charge on any atom is 0.416 e. The Labute approximate surface area is 183 Å². The number of halogens is 3. The molecular formula is C23H24F3N3O3. The Morgan fingerprint density at radius 3 is 2.19 bits per heavy atom. The van der Waals surface area contributed by atoms with Gasteiger partial charge in [0.05, 0.1) is 24.8 Å². The highest BCUT2D eigenvalue weighted by atomic mass is 19.4. The van der Waals surface area contributed by atoms with E-state index in [4.69, 9.17) is 4.74 Å². The van der Waals surface area contributed by atoms with Gasteiger partial charge in [-0.25, -0.2) is 4.79 Å². The topological polar surface area (TPSA) is 70.7 Å². The molecule has 0 radical (unpaired) electrons. The Balaban J connectivity index is 1.51. The van der Waals surface area contributed by atoms with E-state index < -0.39 is 11.7 Å². The highest BCUT2D eigenvalue weighted by molar-refractivity contribution is 5.94. The first-order valence-corrected chi connectivity index (χ1v) is 10.5. The first-order valence-electron chi connectivity index (χ1n) is 10.5. The molecule has 2 saturated heterocycles. The molecule has 2 fully saturated rings. The van der Waals surface area contributed by atoms with Gasteiger partial charge in [0.1, 0.15) is 0 Å². The molecule has 9 heteroatoms. The summed E-state index contributed by atoms with van der Waals surface area (Å²) < 4.78 is 43.9. The summed E-state index contributed by atoms with van der Waals surface area (Å²) in [7, 11) is 0. The molecule has 0 spiro atoms. The van der Waals surface area contributed by atoms with E-state index >= 15 is 0 Å². The predicted octanol–water partition coefficient (Wildman–Crippen LogP) is 3.40. The van der Waals surface area contributed by atoms with E-state index in [9.17, 15) is 22.8 Å². The zero-order chi connectivity index (χ0) is 22.7. The van der Waals surface area contributed by atoms with Crippen LogP contribution < -0.4 is 10.6 Å². The second-order valence-electron chi connectivity index (χ2n) is 8.18. The molecule has 2 aliphatic rings. The van der Waals surface area contributed by atoms with Gasteiger partial charge in [-0.2, -0.15) is 13.2 Å². The molecule has 2 heterocycles. The van der Waals surface area contributed by atoms with Crippen LogP contribution in [0.3, 0.4) is 0 Å². The van der Waals surface area contributed by atoms with E-state index in [0.717, 1.165) is 12.1 Å². The van der Waals surface area contributed by atoms with Gasteiger partial charge in [0.2, 0.25) is 0 Å². The number of carbonyl (C=O) groups excluding carboxylic acids is 2. The second-order valence-corrected chi connectivity index (χ2v) is 8.18. The Kier molecular flexibility index (Phi) is 6.36. The number of hydrogen-bond donors (Lipinski definition) is 2. The third-order valence-corrected chi connectivity index (χ3v) is 5.78. The average Bonchev–Trinajstić information content (AvgIpc) is 2.76. The van der Waals surface area contributed by atoms with Crippen LogP contribution in [0.5, 0.6) is 0 Å². The molecule has 2 N–H and O–H groups in total. The van der Waals surface area contributed by atoms with Crippen molar-refractivity contribution in [3.63, 3.8) is 0 Å². The highest BCUT2D eigenvalue weighted by Gasteiger charge is 2.34. The predicted molar refractivity (Wildman–Crippen MR) is 111 cm³/mol. The number of alkyl halides is 3. The lowest BCUT2D eigenvalue weighted by atomic mass is 9.87. The molecule has 32 heavy (non-hydrogen) atoms. The summed E-state index contributed by atoms with van der Waals surface area (Å²) in [5.74, 6) is -0.466. The van der Waals surface area contributed by atoms with Crippen molar-refractivity contribution >= 4 is 11.9 Å². The number of carbonyl (C=O) groups is 2. The summed E-state index contributed by atoms with van der Waals surface area (Å²) >= 11 is 0. The number of piperidine rings is 1. The van der Waals surface area contributed by atoms with E-state index in [0.29, 0.717) is 43.9 Å². The smallest absolute Gasteiger partial charge is 0.377 e. The van der Waals surface area contributed by atoms with E-state index in [1.807, 2.05) is 6.07 Å². The van der Waals surface area contributed by atoms with Crippen molar-refractivity contribution in [2.75, 3.05) is 26.3 Å². The number of urea groups is 1. The molecular weight excluding hydrogens is 423 g/mol. The number of rotatable bonds is 4. The number of benzene rings is 2. The van der Waals surface area contributed by atoms with E-state index in [1.165, 1.54) is 12.1 Å². The lowest BCUT2D eigenvalue weighted by Gasteiger charge is -2.39. The highest BCUT2D eigenvalue weighted by Crippen LogP contribution is 2.32. The van der Waals surface area contributed by atoms with Crippen molar-refractivity contribution in [3.8, 4) is 0 Å². The second kappa shape index (κ2) is 9.20. The van der Waals surface area contributed by atoms with E-state index in [1.54, 1.807) is 29.2 Å². The van der Waals surface area contributed by atoms with E-state index in [-0.39, 0.29) is 29.9 Å². The van der Waals surface area contributed by atoms with Crippen LogP contribution in [0.15, 0.2) is 54.6 Å². The summed E-state index contributed by atoms with van der Waals surface area (Å²) in [5.41, 5.74) is 0.485. The van der Waals surface area contributed by atoms with Gasteiger partial charge in [-0.3, -0.25) is 4.79 Å². The fourth-order valence-electron chi connectivity index (χ4n) is 4.00. The average molecular weight is 447 g/mol. The van der Waals surface area contributed by atoms with Crippen LogP contribution in [-0.2, 0) is 10.9 Å². The molecule has 0 aromatic heterocycles. The van der Waals surface area contributed by atoms with Crippen molar-refractivity contribution in [2.45, 2.75) is 30.6 Å². The van der Waals surface area contributed by atoms with Gasteiger partial charge >= 0.3 is 12.2 Å². The van der Waals surface area contributed by atoms with Crippen LogP contribution >= 0.6 is 0 Å². The van der Waals surface area contributed by atoms with Crippen LogP contribution in [0.4, 0.5) is 18.0 Å². The Morgan fingerprint density at radius 2 is 1.59 bits per heavy atom. The fraction of sp³-hybridized carbons (Fsp3) is 0.391. The Bertz CT molecular complexity index is 946. The number of likely N-dealkylation sites (tertiary alicyclic amines) is 1. The number of ether oxygens (including phenoxy) is 1. The van der Waals surface area contributed by atoms with Gasteiger partial charge in [0.25, 0.3) is 5.91 Å². The van der Waals surface area contributed by atoms with Crippen LogP contribution in [0.1, 0.15) is 33.8 Å². The van der Waals surface area contributed by atoms with Crippen molar-refractivity contribution in [1.82, 2.24) is 15.5 Å². The maximum absolute atomic E-state index is 12.9. The van der Waals surface area contributed by atoms with Gasteiger partial charge in [-0.1, -0.05) is 30.3 Å². The molecule has 0 bridgehead atoms. The monoisotopic (exact) mass is 447 g/mol. The molecule has 2 atom stereocenters. The summed E-state index contributed by atoms with van der Waals surface area (Å²) in [6.45, 7) is 1.57. The molecule has 0 aliphatic carbocycles. The zero-order valence-electron chi connectivity index (χ0n) is 17.3. The minimum absolute atomic E-state index is 0.0497. The molecule has 4 rings (SSSR count). The maximum atomic E-state index is 12.9. The first-order chi connectivity index (χ1) is 15.3. The fourth-order valence-corrected chi connectivity index (χ4v) is 4.00. The number of hydrogen-bond acceptors (Lipinski definition) is 3. The number of amides is 3.